The average molecular weight is 513 g/mol. The van der Waals surface area contributed by atoms with Crippen molar-refractivity contribution in [3.63, 3.8) is 0 Å². The van der Waals surface area contributed by atoms with Gasteiger partial charge in [0, 0.05) is 26.5 Å². The molecule has 1 fully saturated rings. The first-order valence-electron chi connectivity index (χ1n) is 11.5. The van der Waals surface area contributed by atoms with E-state index in [9.17, 15) is 45.3 Å². The summed E-state index contributed by atoms with van der Waals surface area (Å²) >= 11 is 0. The average Bonchev–Trinajstić information content (AvgIpc) is 2.84. The largest absolute Gasteiger partial charge is 0.390 e. The van der Waals surface area contributed by atoms with Gasteiger partial charge in [-0.15, -0.1) is 0 Å². The summed E-state index contributed by atoms with van der Waals surface area (Å²) in [6.07, 6.45) is -12.6. The van der Waals surface area contributed by atoms with Crippen molar-refractivity contribution in [2.45, 2.75) is 87.2 Å². The molecule has 1 aliphatic rings. The molecule has 1 saturated heterocycles. The molecule has 1 heterocycles. The molecule has 0 spiro atoms. The van der Waals surface area contributed by atoms with E-state index >= 15 is 0 Å². The molecule has 0 aromatic carbocycles. The van der Waals surface area contributed by atoms with Crippen molar-refractivity contribution in [2.24, 2.45) is 5.73 Å². The third-order valence-electron chi connectivity index (χ3n) is 5.67. The topological polar surface area (TPSA) is 241 Å². The minimum atomic E-state index is -1.84. The summed E-state index contributed by atoms with van der Waals surface area (Å²) < 4.78 is 15.4. The first kappa shape index (κ1) is 31.7. The van der Waals surface area contributed by atoms with E-state index in [2.05, 4.69) is 5.32 Å². The molecule has 1 amide bonds. The van der Waals surface area contributed by atoms with Crippen LogP contribution in [0.1, 0.15) is 32.1 Å². The smallest absolute Gasteiger partial charge is 0.219 e. The van der Waals surface area contributed by atoms with Crippen molar-refractivity contribution in [1.82, 2.24) is 5.32 Å². The number of Topliss-reactive ketones (excluding diaryl/α,β-unsaturated/α-hetero) is 1. The summed E-state index contributed by atoms with van der Waals surface area (Å²) in [7, 11) is 1.34. The van der Waals surface area contributed by atoms with Gasteiger partial charge in [0.05, 0.1) is 25.9 Å². The van der Waals surface area contributed by atoms with Crippen molar-refractivity contribution in [1.29, 1.82) is 0 Å². The van der Waals surface area contributed by atoms with Gasteiger partial charge in [0.25, 0.3) is 0 Å². The van der Waals surface area contributed by atoms with E-state index in [-0.39, 0.29) is 44.2 Å². The zero-order chi connectivity index (χ0) is 26.5. The number of methoxy groups -OCH3 is 1. The first-order valence-corrected chi connectivity index (χ1v) is 11.5. The Kier molecular flexibility index (Phi) is 14.9. The predicted molar refractivity (Wildman–Crippen MR) is 119 cm³/mol. The van der Waals surface area contributed by atoms with Crippen LogP contribution in [0.4, 0.5) is 0 Å². The van der Waals surface area contributed by atoms with Crippen LogP contribution in [-0.4, -0.2) is 136 Å². The highest BCUT2D eigenvalue weighted by atomic mass is 16.7. The number of carbonyl (C=O) groups excluding carboxylic acids is 2. The standard InChI is InChI=1S/C21H40N2O12/c1-33-10-14-18(30)19(31)20(32)21(35-14)34-9-13(26)17(29)16(28)12(25)6-7-23-15(27)5-3-2-4-11(24)8-22/h12-14,16-21,25-26,28-32H,2-10,22H2,1H3,(H,23,27)/t12?,13?,14?,16-,17-,18-,19+,20?,21+/m1/s1. The molecule has 0 aromatic heterocycles. The van der Waals surface area contributed by atoms with Crippen molar-refractivity contribution in [3.05, 3.63) is 0 Å². The van der Waals surface area contributed by atoms with E-state index in [1.54, 1.807) is 0 Å². The van der Waals surface area contributed by atoms with E-state index in [0.717, 1.165) is 0 Å². The molecular formula is C21H40N2O12. The fraction of sp³-hybridized carbons (Fsp3) is 0.905. The van der Waals surface area contributed by atoms with Crippen LogP contribution in [0.2, 0.25) is 0 Å². The van der Waals surface area contributed by atoms with Gasteiger partial charge in [0.1, 0.15) is 48.5 Å². The number of aliphatic hydroxyl groups is 7. The predicted octanol–water partition coefficient (Wildman–Crippen LogP) is -4.50. The van der Waals surface area contributed by atoms with E-state index in [0.29, 0.717) is 19.3 Å². The van der Waals surface area contributed by atoms with Gasteiger partial charge in [0.15, 0.2) is 6.29 Å². The van der Waals surface area contributed by atoms with Crippen LogP contribution >= 0.6 is 0 Å². The summed E-state index contributed by atoms with van der Waals surface area (Å²) in [5, 5.41) is 72.8. The Morgan fingerprint density at radius 3 is 2.23 bits per heavy atom. The number of hydrogen-bond acceptors (Lipinski definition) is 13. The van der Waals surface area contributed by atoms with Crippen LogP contribution in [0.3, 0.4) is 0 Å². The van der Waals surface area contributed by atoms with Crippen molar-refractivity contribution < 1.29 is 59.5 Å². The second kappa shape index (κ2) is 16.4. The molecule has 1 aliphatic heterocycles. The minimum absolute atomic E-state index is 0.00130. The third kappa shape index (κ3) is 10.7. The Morgan fingerprint density at radius 2 is 1.60 bits per heavy atom. The number of carbonyl (C=O) groups is 2. The van der Waals surface area contributed by atoms with Crippen LogP contribution in [0.15, 0.2) is 0 Å². The van der Waals surface area contributed by atoms with E-state index in [4.69, 9.17) is 19.9 Å². The lowest BCUT2D eigenvalue weighted by Crippen LogP contribution is -2.59. The van der Waals surface area contributed by atoms with E-state index in [1.165, 1.54) is 7.11 Å². The van der Waals surface area contributed by atoms with Gasteiger partial charge >= 0.3 is 0 Å². The van der Waals surface area contributed by atoms with Gasteiger partial charge in [-0.3, -0.25) is 9.59 Å². The Morgan fingerprint density at radius 1 is 0.971 bits per heavy atom. The maximum atomic E-state index is 11.8. The molecule has 14 heteroatoms. The van der Waals surface area contributed by atoms with Gasteiger partial charge < -0.3 is 61.0 Å². The van der Waals surface area contributed by atoms with E-state index in [1.807, 2.05) is 0 Å². The van der Waals surface area contributed by atoms with Crippen LogP contribution < -0.4 is 11.1 Å². The zero-order valence-electron chi connectivity index (χ0n) is 19.8. The highest BCUT2D eigenvalue weighted by Gasteiger charge is 2.44. The molecule has 4 unspecified atom stereocenters. The van der Waals surface area contributed by atoms with Gasteiger partial charge in [-0.2, -0.15) is 0 Å². The number of rotatable bonds is 17. The first-order chi connectivity index (χ1) is 16.5. The number of nitrogens with two attached hydrogens (primary N) is 1. The van der Waals surface area contributed by atoms with Crippen LogP contribution in [0.5, 0.6) is 0 Å². The maximum Gasteiger partial charge on any atom is 0.219 e. The van der Waals surface area contributed by atoms with Crippen molar-refractivity contribution >= 4 is 11.7 Å². The summed E-state index contributed by atoms with van der Waals surface area (Å²) in [6, 6.07) is 0. The molecule has 0 aliphatic carbocycles. The maximum absolute atomic E-state index is 11.8. The molecule has 10 N–H and O–H groups in total. The van der Waals surface area contributed by atoms with Crippen LogP contribution in [0, 0.1) is 0 Å². The van der Waals surface area contributed by atoms with Gasteiger partial charge in [-0.05, 0) is 19.3 Å². The van der Waals surface area contributed by atoms with Gasteiger partial charge in [0.2, 0.25) is 5.91 Å². The number of aliphatic hydroxyl groups excluding tert-OH is 7. The number of unbranched alkanes of at least 4 members (excludes halogenated alkanes) is 1. The molecule has 0 saturated carbocycles. The fourth-order valence-corrected chi connectivity index (χ4v) is 3.43. The lowest BCUT2D eigenvalue weighted by molar-refractivity contribution is -0.307. The van der Waals surface area contributed by atoms with Crippen LogP contribution in [0.25, 0.3) is 0 Å². The number of amides is 1. The van der Waals surface area contributed by atoms with Crippen molar-refractivity contribution in [2.75, 3.05) is 33.4 Å². The van der Waals surface area contributed by atoms with Gasteiger partial charge in [-0.1, -0.05) is 0 Å². The Balaban J connectivity index is 2.37. The second-order valence-corrected chi connectivity index (χ2v) is 8.51. The van der Waals surface area contributed by atoms with Crippen LogP contribution in [-0.2, 0) is 23.8 Å². The van der Waals surface area contributed by atoms with E-state index < -0.39 is 61.7 Å². The lowest BCUT2D eigenvalue weighted by Gasteiger charge is -2.40. The quantitative estimate of drug-likeness (QED) is 0.0836. The lowest BCUT2D eigenvalue weighted by atomic mass is 9.99. The zero-order valence-corrected chi connectivity index (χ0v) is 19.8. The molecule has 14 nitrogen and oxygen atoms in total. The number of ketones is 1. The normalized spacial score (nSPS) is 28.2. The number of ether oxygens (including phenoxy) is 3. The summed E-state index contributed by atoms with van der Waals surface area (Å²) in [6.45, 7) is -0.775. The molecule has 206 valence electrons. The Hall–Kier alpha value is -1.30. The Labute approximate surface area is 203 Å². The summed E-state index contributed by atoms with van der Waals surface area (Å²) in [5.41, 5.74) is 5.20. The second-order valence-electron chi connectivity index (χ2n) is 8.51. The summed E-state index contributed by atoms with van der Waals surface area (Å²) in [4.78, 5) is 22.9. The molecule has 0 bridgehead atoms. The number of hydrogen-bond donors (Lipinski definition) is 9. The molecule has 0 aromatic rings. The third-order valence-corrected chi connectivity index (χ3v) is 5.67. The number of nitrogens with one attached hydrogen (secondary N) is 1. The fourth-order valence-electron chi connectivity index (χ4n) is 3.43. The SMILES string of the molecule is COCC1O[C@H](OCC(O)[C@@H](O)[C@H](O)C(O)CCNC(=O)CCCCC(=O)CN)C(O)[C@@H](O)[C@@H]1O. The highest BCUT2D eigenvalue weighted by Crippen LogP contribution is 2.23. The Bertz CT molecular complexity index is 627. The summed E-state index contributed by atoms with van der Waals surface area (Å²) in [5.74, 6) is -0.381. The minimum Gasteiger partial charge on any atom is -0.390 e. The highest BCUT2D eigenvalue weighted by molar-refractivity contribution is 5.80. The molecule has 0 radical (unpaired) electrons. The molecule has 1 rings (SSSR count). The monoisotopic (exact) mass is 512 g/mol. The molecule has 9 atom stereocenters. The molecule has 35 heavy (non-hydrogen) atoms. The van der Waals surface area contributed by atoms with Gasteiger partial charge in [-0.25, -0.2) is 0 Å². The molecular weight excluding hydrogens is 472 g/mol. The van der Waals surface area contributed by atoms with Crippen molar-refractivity contribution in [3.8, 4) is 0 Å².